The molecule has 1 aromatic carbocycles. The Morgan fingerprint density at radius 1 is 1.08 bits per heavy atom. The molecule has 1 aliphatic heterocycles. The molecule has 0 spiro atoms. The third kappa shape index (κ3) is 7.38. The van der Waals surface area contributed by atoms with Crippen LogP contribution in [0.2, 0.25) is 0 Å². The first kappa shape index (κ1) is 25.9. The van der Waals surface area contributed by atoms with Gasteiger partial charge in [-0.1, -0.05) is 12.1 Å². The number of nitrogens with two attached hydrogens (primary N) is 1. The molecule has 0 radical (unpaired) electrons. The van der Waals surface area contributed by atoms with Crippen molar-refractivity contribution >= 4 is 23.4 Å². The summed E-state index contributed by atoms with van der Waals surface area (Å²) in [7, 11) is 0. The number of aliphatic hydroxyl groups is 1. The van der Waals surface area contributed by atoms with E-state index in [-0.39, 0.29) is 13.2 Å². The molecule has 3 heterocycles. The number of nitrogens with zero attached hydrogens (tertiary/aromatic N) is 5. The van der Waals surface area contributed by atoms with E-state index in [1.54, 1.807) is 29.7 Å². The quantitative estimate of drug-likeness (QED) is 0.230. The van der Waals surface area contributed by atoms with E-state index in [9.17, 15) is 9.90 Å². The summed E-state index contributed by atoms with van der Waals surface area (Å²) in [6, 6.07) is 11.9. The van der Waals surface area contributed by atoms with Gasteiger partial charge in [0.05, 0.1) is 12.3 Å². The van der Waals surface area contributed by atoms with Crippen LogP contribution in [0.1, 0.15) is 12.0 Å². The number of carbonyl (C=O) groups is 1. The molecule has 0 saturated heterocycles. The van der Waals surface area contributed by atoms with Gasteiger partial charge in [0.15, 0.2) is 0 Å². The van der Waals surface area contributed by atoms with Crippen molar-refractivity contribution < 1.29 is 15.0 Å². The van der Waals surface area contributed by atoms with Gasteiger partial charge in [0, 0.05) is 62.2 Å². The number of hydrogen-bond acceptors (Lipinski definition) is 10. The van der Waals surface area contributed by atoms with Gasteiger partial charge in [-0.25, -0.2) is 15.0 Å². The number of aliphatic carboxylic acids is 1. The Bertz CT molecular complexity index is 1220. The zero-order valence-corrected chi connectivity index (χ0v) is 20.5. The van der Waals surface area contributed by atoms with Crippen molar-refractivity contribution in [1.29, 1.82) is 0 Å². The second kappa shape index (κ2) is 12.7. The van der Waals surface area contributed by atoms with Crippen molar-refractivity contribution in [3.63, 3.8) is 0 Å². The Hall–Kier alpha value is -4.22. The van der Waals surface area contributed by atoms with Gasteiger partial charge in [0.1, 0.15) is 12.4 Å². The van der Waals surface area contributed by atoms with Gasteiger partial charge in [-0.3, -0.25) is 4.79 Å². The van der Waals surface area contributed by atoms with Crippen LogP contribution in [0.4, 0.5) is 17.5 Å². The van der Waals surface area contributed by atoms with Crippen LogP contribution in [-0.2, 0) is 11.3 Å². The first-order valence-electron chi connectivity index (χ1n) is 12.1. The third-order valence-electron chi connectivity index (χ3n) is 5.88. The van der Waals surface area contributed by atoms with E-state index in [1.165, 1.54) is 0 Å². The van der Waals surface area contributed by atoms with Crippen molar-refractivity contribution in [2.75, 3.05) is 50.0 Å². The van der Waals surface area contributed by atoms with E-state index >= 15 is 0 Å². The van der Waals surface area contributed by atoms with Crippen LogP contribution in [0.3, 0.4) is 0 Å². The van der Waals surface area contributed by atoms with Crippen molar-refractivity contribution in [3.05, 3.63) is 72.4 Å². The number of rotatable bonds is 12. The number of carboxylic acids is 1. The minimum absolute atomic E-state index is 0.0786. The largest absolute Gasteiger partial charge is 0.480 e. The lowest BCUT2D eigenvalue weighted by Gasteiger charge is -2.35. The van der Waals surface area contributed by atoms with Crippen molar-refractivity contribution in [2.24, 2.45) is 5.73 Å². The normalized spacial score (nSPS) is 13.3. The van der Waals surface area contributed by atoms with Gasteiger partial charge >= 0.3 is 5.97 Å². The number of pyridine rings is 1. The molecule has 11 heteroatoms. The predicted octanol–water partition coefficient (Wildman–Crippen LogP) is 2.08. The molecule has 37 heavy (non-hydrogen) atoms. The summed E-state index contributed by atoms with van der Waals surface area (Å²) in [5, 5.41) is 25.3. The molecule has 0 saturated carbocycles. The van der Waals surface area contributed by atoms with Gasteiger partial charge in [-0.2, -0.15) is 0 Å². The first-order valence-corrected chi connectivity index (χ1v) is 12.1. The molecule has 4 rings (SSSR count). The number of hydrogen-bond donors (Lipinski definition) is 5. The minimum atomic E-state index is -0.890. The zero-order chi connectivity index (χ0) is 26.0. The average Bonchev–Trinajstić information content (AvgIpc) is 2.90. The van der Waals surface area contributed by atoms with E-state index in [1.807, 2.05) is 36.4 Å². The highest BCUT2D eigenvalue weighted by molar-refractivity contribution is 5.69. The lowest BCUT2D eigenvalue weighted by molar-refractivity contribution is -0.137. The molecule has 1 aliphatic rings. The summed E-state index contributed by atoms with van der Waals surface area (Å²) in [5.41, 5.74) is 9.98. The van der Waals surface area contributed by atoms with Crippen LogP contribution >= 0.6 is 0 Å². The van der Waals surface area contributed by atoms with Crippen LogP contribution in [0.5, 0.6) is 0 Å². The molecule has 6 N–H and O–H groups in total. The maximum Gasteiger partial charge on any atom is 0.323 e. The molecular formula is C26H32N8O3. The number of benzene rings is 1. The maximum absolute atomic E-state index is 11.0. The van der Waals surface area contributed by atoms with Crippen molar-refractivity contribution in [1.82, 2.24) is 24.8 Å². The van der Waals surface area contributed by atoms with Gasteiger partial charge in [0.25, 0.3) is 0 Å². The zero-order valence-electron chi connectivity index (χ0n) is 20.5. The van der Waals surface area contributed by atoms with Crippen LogP contribution in [-0.4, -0.2) is 80.3 Å². The molecule has 11 nitrogen and oxygen atoms in total. The van der Waals surface area contributed by atoms with Crippen LogP contribution in [0.15, 0.2) is 66.9 Å². The topological polar surface area (TPSA) is 153 Å². The van der Waals surface area contributed by atoms with Gasteiger partial charge in [-0.15, -0.1) is 0 Å². The SMILES string of the molecule is NCCCNc1ncc(-c2ccnc(Nc3cccc(CN4CCN(CC(=O)O)C=C4CO)c3)c2)cn1. The smallest absolute Gasteiger partial charge is 0.323 e. The molecule has 194 valence electrons. The second-order valence-electron chi connectivity index (χ2n) is 8.68. The molecule has 0 unspecified atom stereocenters. The van der Waals surface area contributed by atoms with Crippen LogP contribution in [0.25, 0.3) is 11.1 Å². The Morgan fingerprint density at radius 2 is 1.92 bits per heavy atom. The molecule has 0 amide bonds. The number of nitrogens with one attached hydrogen (secondary N) is 2. The number of anilines is 3. The Balaban J connectivity index is 1.41. The molecule has 0 fully saturated rings. The third-order valence-corrected chi connectivity index (χ3v) is 5.88. The highest BCUT2D eigenvalue weighted by Crippen LogP contribution is 2.24. The second-order valence-corrected chi connectivity index (χ2v) is 8.68. The van der Waals surface area contributed by atoms with Crippen LogP contribution < -0.4 is 16.4 Å². The molecular weight excluding hydrogens is 472 g/mol. The van der Waals surface area contributed by atoms with E-state index in [0.29, 0.717) is 43.6 Å². The monoisotopic (exact) mass is 504 g/mol. The van der Waals surface area contributed by atoms with Gasteiger partial charge in [0.2, 0.25) is 5.95 Å². The molecule has 0 bridgehead atoms. The number of aliphatic hydroxyl groups excluding tert-OH is 1. The van der Waals surface area contributed by atoms with E-state index in [0.717, 1.165) is 35.3 Å². The molecule has 3 aromatic rings. The summed E-state index contributed by atoms with van der Waals surface area (Å²) < 4.78 is 0. The fourth-order valence-electron chi connectivity index (χ4n) is 4.03. The van der Waals surface area contributed by atoms with Gasteiger partial charge in [-0.05, 0) is 48.4 Å². The fourth-order valence-corrected chi connectivity index (χ4v) is 4.03. The minimum Gasteiger partial charge on any atom is -0.480 e. The maximum atomic E-state index is 11.0. The molecule has 0 atom stereocenters. The number of carboxylic acid groups (broad SMARTS) is 1. The predicted molar refractivity (Wildman–Crippen MR) is 142 cm³/mol. The highest BCUT2D eigenvalue weighted by atomic mass is 16.4. The summed E-state index contributed by atoms with van der Waals surface area (Å²) in [4.78, 5) is 28.0. The average molecular weight is 505 g/mol. The summed E-state index contributed by atoms with van der Waals surface area (Å²) in [6.07, 6.45) is 7.87. The Kier molecular flexibility index (Phi) is 8.84. The standard InChI is InChI=1S/C26H32N8O3/c27-6-2-7-29-26-30-13-21(14-31-26)20-5-8-28-24(12-20)32-22-4-1-3-19(11-22)15-34-10-9-33(17-25(36)37)16-23(34)18-35/h1,3-5,8,11-14,16,35H,2,6-7,9-10,15,17-18,27H2,(H,28,32)(H,36,37)(H,29,30,31). The molecule has 2 aromatic heterocycles. The Labute approximate surface area is 215 Å². The lowest BCUT2D eigenvalue weighted by atomic mass is 10.1. The molecule has 0 aliphatic carbocycles. The highest BCUT2D eigenvalue weighted by Gasteiger charge is 2.19. The van der Waals surface area contributed by atoms with Crippen molar-refractivity contribution in [3.8, 4) is 11.1 Å². The summed E-state index contributed by atoms with van der Waals surface area (Å²) in [6.45, 7) is 2.93. The summed E-state index contributed by atoms with van der Waals surface area (Å²) >= 11 is 0. The van der Waals surface area contributed by atoms with E-state index in [2.05, 4.69) is 30.5 Å². The Morgan fingerprint density at radius 3 is 2.68 bits per heavy atom. The summed E-state index contributed by atoms with van der Waals surface area (Å²) in [5.74, 6) is 0.375. The first-order chi connectivity index (χ1) is 18.0. The van der Waals surface area contributed by atoms with E-state index < -0.39 is 5.97 Å². The van der Waals surface area contributed by atoms with Crippen molar-refractivity contribution in [2.45, 2.75) is 13.0 Å². The number of aromatic nitrogens is 3. The fraction of sp³-hybridized carbons (Fsp3) is 0.308. The van der Waals surface area contributed by atoms with Gasteiger partial charge < -0.3 is 36.4 Å². The van der Waals surface area contributed by atoms with Crippen LogP contribution in [0, 0.1) is 0 Å². The van der Waals surface area contributed by atoms with E-state index in [4.69, 9.17) is 10.8 Å². The lowest BCUT2D eigenvalue weighted by Crippen LogP contribution is -2.40.